The molecule has 1 aliphatic heterocycles. The Morgan fingerprint density at radius 3 is 2.87 bits per heavy atom. The molecule has 0 saturated carbocycles. The van der Waals surface area contributed by atoms with Gasteiger partial charge in [0.15, 0.2) is 6.10 Å². The summed E-state index contributed by atoms with van der Waals surface area (Å²) in [4.78, 5) is 15.6. The van der Waals surface area contributed by atoms with Crippen LogP contribution < -0.4 is 4.72 Å². The maximum absolute atomic E-state index is 13.7. The maximum atomic E-state index is 13.7. The fourth-order valence-corrected chi connectivity index (χ4v) is 3.45. The summed E-state index contributed by atoms with van der Waals surface area (Å²) in [6, 6.07) is 4.99. The van der Waals surface area contributed by atoms with E-state index in [1.807, 2.05) is 4.72 Å². The van der Waals surface area contributed by atoms with Gasteiger partial charge in [-0.15, -0.1) is 0 Å². The smallest absolute Gasteiger partial charge is 0.265 e. The van der Waals surface area contributed by atoms with Gasteiger partial charge < -0.3 is 9.47 Å². The number of benzene rings is 1. The van der Waals surface area contributed by atoms with Crippen LogP contribution in [0.3, 0.4) is 0 Å². The summed E-state index contributed by atoms with van der Waals surface area (Å²) in [7, 11) is -4.19. The quantitative estimate of drug-likeness (QED) is 0.879. The van der Waals surface area contributed by atoms with Crippen LogP contribution in [0, 0.1) is 5.82 Å². The Hall–Kier alpha value is -2.10. The van der Waals surface area contributed by atoms with Crippen LogP contribution in [0.2, 0.25) is 0 Å². The number of halogens is 1. The van der Waals surface area contributed by atoms with Gasteiger partial charge >= 0.3 is 0 Å². The lowest BCUT2D eigenvalue weighted by Crippen LogP contribution is -2.45. The largest absolute Gasteiger partial charge is 0.376 e. The van der Waals surface area contributed by atoms with Gasteiger partial charge in [0.2, 0.25) is 0 Å². The molecule has 1 saturated heterocycles. The molecule has 1 fully saturated rings. The minimum Gasteiger partial charge on any atom is -0.376 e. The number of hydrogen-bond acceptors (Lipinski definition) is 6. The number of hydrogen-bond donors (Lipinski definition) is 1. The van der Waals surface area contributed by atoms with Crippen LogP contribution in [0.1, 0.15) is 0 Å². The topological polar surface area (TPSA) is 94.6 Å². The number of carbonyl (C=O) groups excluding carboxylic acids is 1. The Balaban J connectivity index is 1.94. The molecule has 1 unspecified atom stereocenters. The van der Waals surface area contributed by atoms with Gasteiger partial charge in [-0.25, -0.2) is 17.5 Å². The van der Waals surface area contributed by atoms with Crippen LogP contribution in [0.4, 0.5) is 4.39 Å². The Labute approximate surface area is 131 Å². The van der Waals surface area contributed by atoms with E-state index in [2.05, 4.69) is 4.98 Å². The predicted molar refractivity (Wildman–Crippen MR) is 77.6 cm³/mol. The summed E-state index contributed by atoms with van der Waals surface area (Å²) in [6.07, 6.45) is 0.358. The monoisotopic (exact) mass is 340 g/mol. The fourth-order valence-electron chi connectivity index (χ4n) is 2.24. The van der Waals surface area contributed by atoms with Crippen molar-refractivity contribution in [2.45, 2.75) is 11.0 Å². The first-order valence-corrected chi connectivity index (χ1v) is 8.26. The van der Waals surface area contributed by atoms with E-state index in [0.717, 1.165) is 12.1 Å². The summed E-state index contributed by atoms with van der Waals surface area (Å²) in [5.74, 6) is -1.47. The summed E-state index contributed by atoms with van der Waals surface area (Å²) in [6.45, 7) is 0.541. The second-order valence-corrected chi connectivity index (χ2v) is 6.50. The van der Waals surface area contributed by atoms with Crippen molar-refractivity contribution in [2.75, 3.05) is 19.8 Å². The molecule has 1 aliphatic rings. The highest BCUT2D eigenvalue weighted by Gasteiger charge is 2.28. The third-order valence-corrected chi connectivity index (χ3v) is 4.72. The lowest BCUT2D eigenvalue weighted by Gasteiger charge is -2.22. The first-order valence-electron chi connectivity index (χ1n) is 6.78. The molecule has 9 heteroatoms. The maximum Gasteiger partial charge on any atom is 0.265 e. The fraction of sp³-hybridized carbons (Fsp3) is 0.286. The third-order valence-electron chi connectivity index (χ3n) is 3.31. The summed E-state index contributed by atoms with van der Waals surface area (Å²) >= 11 is 0. The van der Waals surface area contributed by atoms with E-state index in [-0.39, 0.29) is 29.0 Å². The van der Waals surface area contributed by atoms with E-state index < -0.39 is 27.9 Å². The van der Waals surface area contributed by atoms with Gasteiger partial charge in [0.1, 0.15) is 11.3 Å². The highest BCUT2D eigenvalue weighted by atomic mass is 32.2. The minimum absolute atomic E-state index is 0.0208. The SMILES string of the molecule is O=C(NS(=O)(=O)c1ccc(F)c2ncccc12)C1COCCO1. The summed E-state index contributed by atoms with van der Waals surface area (Å²) < 4.78 is 50.7. The lowest BCUT2D eigenvalue weighted by molar-refractivity contribution is -0.145. The van der Waals surface area contributed by atoms with E-state index in [1.165, 1.54) is 18.3 Å². The number of nitrogens with one attached hydrogen (secondary N) is 1. The van der Waals surface area contributed by atoms with E-state index in [0.29, 0.717) is 6.61 Å². The van der Waals surface area contributed by atoms with E-state index >= 15 is 0 Å². The number of aromatic nitrogens is 1. The molecule has 3 rings (SSSR count). The van der Waals surface area contributed by atoms with Gasteiger partial charge in [0.05, 0.1) is 24.7 Å². The van der Waals surface area contributed by atoms with Crippen LogP contribution in [0.15, 0.2) is 35.4 Å². The van der Waals surface area contributed by atoms with Gasteiger partial charge in [-0.2, -0.15) is 0 Å². The number of rotatable bonds is 3. The number of sulfonamides is 1. The minimum atomic E-state index is -4.19. The number of pyridine rings is 1. The third kappa shape index (κ3) is 3.16. The van der Waals surface area contributed by atoms with Crippen molar-refractivity contribution in [3.05, 3.63) is 36.3 Å². The van der Waals surface area contributed by atoms with Crippen molar-refractivity contribution in [1.82, 2.24) is 9.71 Å². The molecule has 0 spiro atoms. The standard InChI is InChI=1S/C14H13FN2O5S/c15-10-3-4-12(9-2-1-5-16-13(9)10)23(19,20)17-14(18)11-8-21-6-7-22-11/h1-5,11H,6-8H2,(H,17,18). The molecule has 23 heavy (non-hydrogen) atoms. The molecule has 0 radical (unpaired) electrons. The average molecular weight is 340 g/mol. The Morgan fingerprint density at radius 2 is 2.13 bits per heavy atom. The second kappa shape index (κ2) is 6.19. The van der Waals surface area contributed by atoms with E-state index in [9.17, 15) is 17.6 Å². The van der Waals surface area contributed by atoms with Crippen molar-refractivity contribution in [2.24, 2.45) is 0 Å². The normalized spacial score (nSPS) is 18.7. The molecule has 2 heterocycles. The number of amides is 1. The van der Waals surface area contributed by atoms with Crippen molar-refractivity contribution in [1.29, 1.82) is 0 Å². The Bertz CT molecular complexity index is 849. The summed E-state index contributed by atoms with van der Waals surface area (Å²) in [5, 5.41) is 0.0913. The Kier molecular flexibility index (Phi) is 4.24. The molecule has 1 N–H and O–H groups in total. The zero-order valence-electron chi connectivity index (χ0n) is 11.9. The van der Waals surface area contributed by atoms with Crippen LogP contribution >= 0.6 is 0 Å². The van der Waals surface area contributed by atoms with E-state index in [1.54, 1.807) is 0 Å². The average Bonchev–Trinajstić information content (AvgIpc) is 2.55. The molecule has 1 aromatic heterocycles. The van der Waals surface area contributed by atoms with Crippen molar-refractivity contribution >= 4 is 26.8 Å². The van der Waals surface area contributed by atoms with Crippen molar-refractivity contribution in [3.63, 3.8) is 0 Å². The molecule has 0 aliphatic carbocycles. The zero-order valence-corrected chi connectivity index (χ0v) is 12.7. The van der Waals surface area contributed by atoms with Crippen LogP contribution in [-0.4, -0.2) is 45.2 Å². The molecular formula is C14H13FN2O5S. The molecule has 0 bridgehead atoms. The first kappa shape index (κ1) is 15.8. The van der Waals surface area contributed by atoms with Crippen LogP contribution in [-0.2, 0) is 24.3 Å². The molecular weight excluding hydrogens is 327 g/mol. The van der Waals surface area contributed by atoms with E-state index in [4.69, 9.17) is 9.47 Å². The molecule has 1 amide bonds. The molecule has 2 aromatic rings. The van der Waals surface area contributed by atoms with Crippen LogP contribution in [0.25, 0.3) is 10.9 Å². The van der Waals surface area contributed by atoms with Gasteiger partial charge in [-0.3, -0.25) is 9.78 Å². The predicted octanol–water partition coefficient (Wildman–Crippen LogP) is 0.594. The highest BCUT2D eigenvalue weighted by molar-refractivity contribution is 7.90. The van der Waals surface area contributed by atoms with Gasteiger partial charge in [-0.05, 0) is 24.3 Å². The molecule has 1 atom stereocenters. The first-order chi connectivity index (χ1) is 11.0. The molecule has 1 aromatic carbocycles. The number of carbonyl (C=O) groups is 1. The lowest BCUT2D eigenvalue weighted by atomic mass is 10.2. The zero-order chi connectivity index (χ0) is 16.4. The number of ether oxygens (including phenoxy) is 2. The number of nitrogens with zero attached hydrogens (tertiary/aromatic N) is 1. The Morgan fingerprint density at radius 1 is 1.30 bits per heavy atom. The van der Waals surface area contributed by atoms with Crippen molar-refractivity contribution in [3.8, 4) is 0 Å². The summed E-state index contributed by atoms with van der Waals surface area (Å²) in [5.41, 5.74) is -0.0833. The molecule has 7 nitrogen and oxygen atoms in total. The van der Waals surface area contributed by atoms with Crippen molar-refractivity contribution < 1.29 is 27.1 Å². The van der Waals surface area contributed by atoms with Gasteiger partial charge in [-0.1, -0.05) is 0 Å². The number of fused-ring (bicyclic) bond motifs is 1. The second-order valence-electron chi connectivity index (χ2n) is 4.85. The highest BCUT2D eigenvalue weighted by Crippen LogP contribution is 2.23. The van der Waals surface area contributed by atoms with Gasteiger partial charge in [0, 0.05) is 11.6 Å². The van der Waals surface area contributed by atoms with Crippen LogP contribution in [0.5, 0.6) is 0 Å². The molecule has 122 valence electrons. The van der Waals surface area contributed by atoms with Gasteiger partial charge in [0.25, 0.3) is 15.9 Å².